The second-order valence-corrected chi connectivity index (χ2v) is 16.7. The van der Waals surface area contributed by atoms with E-state index in [0.717, 1.165) is 42.7 Å². The first-order chi connectivity index (χ1) is 22.9. The molecular weight excluding hydrogens is 598 g/mol. The lowest BCUT2D eigenvalue weighted by Crippen LogP contribution is -2.64. The van der Waals surface area contributed by atoms with Gasteiger partial charge in [-0.05, 0) is 118 Å². The first kappa shape index (κ1) is 36.8. The molecule has 9 atom stereocenters. The predicted molar refractivity (Wildman–Crippen MR) is 193 cm³/mol. The smallest absolute Gasteiger partial charge is 0.302 e. The minimum atomic E-state index is -0.220. The number of allylic oxidation sites excluding steroid dienone is 1. The van der Waals surface area contributed by atoms with Crippen LogP contribution in [-0.2, 0) is 20.9 Å². The zero-order chi connectivity index (χ0) is 34.9. The molecule has 5 aliphatic carbocycles. The van der Waals surface area contributed by atoms with Crippen LogP contribution in [0.3, 0.4) is 0 Å². The van der Waals surface area contributed by atoms with Crippen LogP contribution in [-0.4, -0.2) is 31.2 Å². The number of ether oxygens (including phenoxy) is 3. The van der Waals surface area contributed by atoms with E-state index >= 15 is 0 Å². The number of hydrogen-bond acceptors (Lipinski definition) is 5. The normalized spacial score (nSPS) is 38.4. The summed E-state index contributed by atoms with van der Waals surface area (Å²) < 4.78 is 17.6. The number of hydrogen-bond donors (Lipinski definition) is 1. The lowest BCUT2D eigenvalue weighted by Gasteiger charge is -2.69. The van der Waals surface area contributed by atoms with Crippen molar-refractivity contribution in [2.75, 3.05) is 13.2 Å². The van der Waals surface area contributed by atoms with Crippen LogP contribution in [0, 0.1) is 51.2 Å². The Morgan fingerprint density at radius 1 is 0.896 bits per heavy atom. The third kappa shape index (κ3) is 6.10. The highest BCUT2D eigenvalue weighted by atomic mass is 16.6. The summed E-state index contributed by atoms with van der Waals surface area (Å²) in [7, 11) is 0. The van der Waals surface area contributed by atoms with Crippen LogP contribution >= 0.6 is 0 Å². The Hall–Kier alpha value is -2.50. The van der Waals surface area contributed by atoms with Crippen LogP contribution in [0.1, 0.15) is 132 Å². The summed E-state index contributed by atoms with van der Waals surface area (Å²) in [6.07, 6.45) is 14.6. The number of benzene rings is 1. The van der Waals surface area contributed by atoms with Gasteiger partial charge in [0.25, 0.3) is 0 Å². The molecule has 6 nitrogen and oxygen atoms in total. The Kier molecular flexibility index (Phi) is 11.0. The molecule has 7 rings (SSSR count). The summed E-state index contributed by atoms with van der Waals surface area (Å²) in [5.41, 5.74) is 1.39. The Morgan fingerprint density at radius 3 is 2.33 bits per heavy atom. The molecule has 5 saturated carbocycles. The van der Waals surface area contributed by atoms with Crippen LogP contribution < -0.4 is 14.8 Å². The first-order valence-corrected chi connectivity index (χ1v) is 19.3. The monoisotopic (exact) mass is 663 g/mol. The summed E-state index contributed by atoms with van der Waals surface area (Å²) >= 11 is 0. The van der Waals surface area contributed by atoms with Gasteiger partial charge in [0.2, 0.25) is 5.91 Å². The third-order valence-corrected chi connectivity index (χ3v) is 14.3. The summed E-state index contributed by atoms with van der Waals surface area (Å²) in [5.74, 6) is 4.83. The van der Waals surface area contributed by atoms with E-state index < -0.39 is 0 Å². The fourth-order valence-electron chi connectivity index (χ4n) is 12.6. The molecule has 268 valence electrons. The van der Waals surface area contributed by atoms with Gasteiger partial charge in [-0.15, -0.1) is 6.58 Å². The number of amides is 1. The molecule has 0 saturated heterocycles. The van der Waals surface area contributed by atoms with Crippen molar-refractivity contribution in [1.82, 2.24) is 5.32 Å². The number of para-hydroxylation sites is 1. The lowest BCUT2D eigenvalue weighted by molar-refractivity contribution is -0.220. The van der Waals surface area contributed by atoms with Crippen LogP contribution in [0.5, 0.6) is 11.5 Å². The summed E-state index contributed by atoms with van der Waals surface area (Å²) in [6, 6.07) is 5.99. The van der Waals surface area contributed by atoms with Gasteiger partial charge in [-0.3, -0.25) is 9.59 Å². The topological polar surface area (TPSA) is 73.9 Å². The Morgan fingerprint density at radius 2 is 1.60 bits per heavy atom. The van der Waals surface area contributed by atoms with E-state index in [-0.39, 0.29) is 34.2 Å². The largest absolute Gasteiger partial charge is 0.486 e. The van der Waals surface area contributed by atoms with Crippen molar-refractivity contribution in [3.05, 3.63) is 36.4 Å². The summed E-state index contributed by atoms with van der Waals surface area (Å²) in [6.45, 7) is 22.4. The van der Waals surface area contributed by atoms with Gasteiger partial charge >= 0.3 is 5.97 Å². The van der Waals surface area contributed by atoms with Gasteiger partial charge in [-0.2, -0.15) is 0 Å². The maximum absolute atomic E-state index is 14.2. The Bertz CT molecular complexity index is 1320. The van der Waals surface area contributed by atoms with Gasteiger partial charge < -0.3 is 19.5 Å². The highest BCUT2D eigenvalue weighted by Crippen LogP contribution is 2.73. The molecule has 5 fully saturated rings. The van der Waals surface area contributed by atoms with Gasteiger partial charge in [0.1, 0.15) is 19.3 Å². The fraction of sp³-hybridized carbons (Fsp3) is 0.762. The lowest BCUT2D eigenvalue weighted by atomic mass is 9.36. The number of fused-ring (bicyclic) bond motifs is 8. The molecule has 6 heteroatoms. The second kappa shape index (κ2) is 14.4. The van der Waals surface area contributed by atoms with E-state index in [9.17, 15) is 9.59 Å². The molecule has 1 aromatic carbocycles. The number of esters is 1. The summed E-state index contributed by atoms with van der Waals surface area (Å²) in [4.78, 5) is 26.1. The number of carbonyl (C=O) groups excluding carboxylic acids is 2. The van der Waals surface area contributed by atoms with Gasteiger partial charge in [0.15, 0.2) is 11.5 Å². The van der Waals surface area contributed by atoms with Crippen LogP contribution in [0.2, 0.25) is 0 Å². The van der Waals surface area contributed by atoms with Crippen molar-refractivity contribution in [1.29, 1.82) is 0 Å². The number of rotatable bonds is 4. The van der Waals surface area contributed by atoms with Crippen molar-refractivity contribution < 1.29 is 23.8 Å². The van der Waals surface area contributed by atoms with Gasteiger partial charge in [0, 0.05) is 24.4 Å². The van der Waals surface area contributed by atoms with Crippen LogP contribution in [0.25, 0.3) is 0 Å². The standard InChI is InChI=1S/C37H53NO5.C3H6.C2H6/c1-23(39)43-31-15-18-36(5)29(34(31,2)3)14-17-35(4)26-13-19-37(16-7-9-27(37)25(26)11-12-30(35)36)33(40)38-22-24-8-6-10-28-32(24)42-21-20-41-28;1-3-2;1-2/h6,8,10,25-27,29-31H,7,9,11-22H2,1-5H3,(H,38,40);3H,1H2,2H3;1-2H3. The Labute approximate surface area is 291 Å². The van der Waals surface area contributed by atoms with Crippen LogP contribution in [0.15, 0.2) is 30.9 Å². The maximum atomic E-state index is 14.2. The van der Waals surface area contributed by atoms with Gasteiger partial charge in [-0.25, -0.2) is 0 Å². The van der Waals surface area contributed by atoms with Crippen molar-refractivity contribution in [2.24, 2.45) is 51.2 Å². The van der Waals surface area contributed by atoms with E-state index in [2.05, 4.69) is 45.7 Å². The SMILES string of the molecule is C=CC.CC.CC(=O)OC1CCC2(C)C(CCC3(C)C4CCC5(C(=O)NCc6cccc7c6OCCO7)CCCC5C4CCC32)C1(C)C. The molecule has 0 radical (unpaired) electrons. The van der Waals surface area contributed by atoms with E-state index in [4.69, 9.17) is 14.2 Å². The van der Waals surface area contributed by atoms with Crippen molar-refractivity contribution in [3.63, 3.8) is 0 Å². The molecule has 1 N–H and O–H groups in total. The summed E-state index contributed by atoms with van der Waals surface area (Å²) in [5, 5.41) is 3.40. The van der Waals surface area contributed by atoms with Crippen LogP contribution in [0.4, 0.5) is 0 Å². The minimum Gasteiger partial charge on any atom is -0.486 e. The molecule has 1 heterocycles. The van der Waals surface area contributed by atoms with Crippen molar-refractivity contribution in [2.45, 2.75) is 139 Å². The number of carbonyl (C=O) groups is 2. The molecule has 0 bridgehead atoms. The molecular formula is C42H65NO5. The highest BCUT2D eigenvalue weighted by Gasteiger charge is 2.67. The predicted octanol–water partition coefficient (Wildman–Crippen LogP) is 9.69. The number of nitrogens with one attached hydrogen (secondary N) is 1. The van der Waals surface area contributed by atoms with E-state index in [1.165, 1.54) is 44.9 Å². The maximum Gasteiger partial charge on any atom is 0.302 e. The van der Waals surface area contributed by atoms with Crippen molar-refractivity contribution >= 4 is 11.9 Å². The van der Waals surface area contributed by atoms with Gasteiger partial charge in [-0.1, -0.05) is 66.2 Å². The van der Waals surface area contributed by atoms with Crippen molar-refractivity contribution in [3.8, 4) is 11.5 Å². The fourth-order valence-corrected chi connectivity index (χ4v) is 12.6. The third-order valence-electron chi connectivity index (χ3n) is 14.3. The van der Waals surface area contributed by atoms with Gasteiger partial charge in [0.05, 0.1) is 5.41 Å². The first-order valence-electron chi connectivity index (χ1n) is 19.3. The minimum absolute atomic E-state index is 0.00270. The molecule has 1 aromatic rings. The average molecular weight is 664 g/mol. The molecule has 9 unspecified atom stereocenters. The zero-order valence-electron chi connectivity index (χ0n) is 31.4. The second-order valence-electron chi connectivity index (χ2n) is 16.7. The quantitative estimate of drug-likeness (QED) is 0.257. The van der Waals surface area contributed by atoms with E-state index in [1.807, 2.05) is 32.9 Å². The molecule has 48 heavy (non-hydrogen) atoms. The Balaban J connectivity index is 0.000000855. The average Bonchev–Trinajstić information content (AvgIpc) is 3.52. The molecule has 0 spiro atoms. The van der Waals surface area contributed by atoms with E-state index in [0.29, 0.717) is 54.8 Å². The molecule has 1 aliphatic heterocycles. The molecule has 0 aromatic heterocycles. The highest BCUT2D eigenvalue weighted by molar-refractivity contribution is 5.83. The molecule has 1 amide bonds. The molecule has 6 aliphatic rings. The van der Waals surface area contributed by atoms with E-state index in [1.54, 1.807) is 13.0 Å². The zero-order valence-corrected chi connectivity index (χ0v) is 31.4.